The molecule has 1 atom stereocenters. The van der Waals surface area contributed by atoms with Crippen molar-refractivity contribution in [1.82, 2.24) is 10.2 Å². The number of thioether (sulfide) groups is 1. The van der Waals surface area contributed by atoms with Crippen LogP contribution in [-0.4, -0.2) is 48.7 Å². The van der Waals surface area contributed by atoms with Crippen LogP contribution in [-0.2, 0) is 15.1 Å². The molecule has 156 valence electrons. The highest BCUT2D eigenvalue weighted by atomic mass is 32.2. The van der Waals surface area contributed by atoms with E-state index in [1.807, 2.05) is 24.3 Å². The van der Waals surface area contributed by atoms with Gasteiger partial charge in [0.05, 0.1) is 12.8 Å². The van der Waals surface area contributed by atoms with Gasteiger partial charge in [0.2, 0.25) is 5.91 Å². The van der Waals surface area contributed by atoms with Crippen molar-refractivity contribution in [3.63, 3.8) is 0 Å². The van der Waals surface area contributed by atoms with E-state index in [1.165, 1.54) is 0 Å². The lowest BCUT2D eigenvalue weighted by Crippen LogP contribution is -2.45. The number of ether oxygens (including phenoxy) is 1. The predicted octanol–water partition coefficient (Wildman–Crippen LogP) is 2.99. The van der Waals surface area contributed by atoms with Crippen molar-refractivity contribution in [3.8, 4) is 5.75 Å². The van der Waals surface area contributed by atoms with Crippen LogP contribution in [0.5, 0.6) is 5.75 Å². The monoisotopic (exact) mass is 425 g/mol. The van der Waals surface area contributed by atoms with Crippen LogP contribution in [0.1, 0.15) is 18.9 Å². The molecule has 2 aromatic carbocycles. The number of methoxy groups -OCH3 is 1. The Hall–Kier alpha value is -3.00. The Kier molecular flexibility index (Phi) is 5.42. The molecular weight excluding hydrogens is 402 g/mol. The van der Waals surface area contributed by atoms with E-state index in [0.29, 0.717) is 17.9 Å². The summed E-state index contributed by atoms with van der Waals surface area (Å²) in [6, 6.07) is 14.1. The number of anilines is 1. The highest BCUT2D eigenvalue weighted by Crippen LogP contribution is 2.34. The third kappa shape index (κ3) is 3.52. The number of carbonyl (C=O) groups is 3. The molecule has 0 saturated carbocycles. The van der Waals surface area contributed by atoms with Crippen LogP contribution < -0.4 is 15.0 Å². The van der Waals surface area contributed by atoms with Gasteiger partial charge in [0, 0.05) is 11.4 Å². The Morgan fingerprint density at radius 2 is 1.90 bits per heavy atom. The molecule has 30 heavy (non-hydrogen) atoms. The molecule has 0 radical (unpaired) electrons. The Labute approximate surface area is 179 Å². The van der Waals surface area contributed by atoms with Crippen molar-refractivity contribution in [2.75, 3.05) is 30.9 Å². The number of hydrogen-bond acceptors (Lipinski definition) is 5. The SMILES string of the molecule is COc1ccc(C2(C)NC(=O)N(CC(=O)N3CCCSc4ccccc43)C2=O)cc1. The maximum atomic E-state index is 13.2. The number of carbonyl (C=O) groups excluding carboxylic acids is 3. The molecule has 2 aromatic rings. The van der Waals surface area contributed by atoms with Gasteiger partial charge in [0.1, 0.15) is 17.8 Å². The van der Waals surface area contributed by atoms with Gasteiger partial charge >= 0.3 is 6.03 Å². The van der Waals surface area contributed by atoms with E-state index in [4.69, 9.17) is 4.74 Å². The first-order chi connectivity index (χ1) is 14.4. The van der Waals surface area contributed by atoms with Crippen LogP contribution in [0.4, 0.5) is 10.5 Å². The molecule has 1 saturated heterocycles. The Morgan fingerprint density at radius 3 is 2.63 bits per heavy atom. The first-order valence-electron chi connectivity index (χ1n) is 9.75. The molecule has 0 bridgehead atoms. The minimum absolute atomic E-state index is 0.271. The zero-order valence-electron chi connectivity index (χ0n) is 16.9. The van der Waals surface area contributed by atoms with Crippen LogP contribution in [0, 0.1) is 0 Å². The van der Waals surface area contributed by atoms with Gasteiger partial charge < -0.3 is 15.0 Å². The Bertz CT molecular complexity index is 994. The summed E-state index contributed by atoms with van der Waals surface area (Å²) in [5.41, 5.74) is 0.235. The van der Waals surface area contributed by atoms with E-state index in [9.17, 15) is 14.4 Å². The van der Waals surface area contributed by atoms with E-state index >= 15 is 0 Å². The predicted molar refractivity (Wildman–Crippen MR) is 115 cm³/mol. The lowest BCUT2D eigenvalue weighted by atomic mass is 9.92. The highest BCUT2D eigenvalue weighted by Gasteiger charge is 2.49. The van der Waals surface area contributed by atoms with Crippen LogP contribution in [0.3, 0.4) is 0 Å². The second-order valence-corrected chi connectivity index (χ2v) is 8.53. The molecule has 1 N–H and O–H groups in total. The second-order valence-electron chi connectivity index (χ2n) is 7.39. The summed E-state index contributed by atoms with van der Waals surface area (Å²) in [4.78, 5) is 42.6. The molecule has 0 aromatic heterocycles. The minimum Gasteiger partial charge on any atom is -0.497 e. The van der Waals surface area contributed by atoms with Crippen molar-refractivity contribution in [2.24, 2.45) is 0 Å². The Morgan fingerprint density at radius 1 is 1.17 bits per heavy atom. The topological polar surface area (TPSA) is 79.0 Å². The van der Waals surface area contributed by atoms with E-state index in [0.717, 1.165) is 27.7 Å². The second kappa shape index (κ2) is 8.02. The normalized spacial score (nSPS) is 21.1. The summed E-state index contributed by atoms with van der Waals surface area (Å²) in [6.45, 7) is 1.91. The maximum Gasteiger partial charge on any atom is 0.325 e. The zero-order valence-corrected chi connectivity index (χ0v) is 17.7. The van der Waals surface area contributed by atoms with Crippen LogP contribution in [0.15, 0.2) is 53.4 Å². The van der Waals surface area contributed by atoms with E-state index in [2.05, 4.69) is 5.32 Å². The molecular formula is C22H23N3O4S. The summed E-state index contributed by atoms with van der Waals surface area (Å²) in [7, 11) is 1.56. The number of hydrogen-bond donors (Lipinski definition) is 1. The largest absolute Gasteiger partial charge is 0.497 e. The standard InChI is InChI=1S/C22H23N3O4S/c1-22(15-8-10-16(29-2)11-9-15)20(27)25(21(28)23-22)14-19(26)24-12-5-13-30-18-7-4-3-6-17(18)24/h3-4,6-11H,5,12-14H2,1-2H3,(H,23,28). The molecule has 0 spiro atoms. The fourth-order valence-electron chi connectivity index (χ4n) is 3.77. The van der Waals surface area contributed by atoms with Crippen molar-refractivity contribution < 1.29 is 19.1 Å². The molecule has 7 nitrogen and oxygen atoms in total. The average molecular weight is 426 g/mol. The smallest absolute Gasteiger partial charge is 0.325 e. The third-order valence-corrected chi connectivity index (χ3v) is 6.63. The van der Waals surface area contributed by atoms with E-state index in [1.54, 1.807) is 55.0 Å². The van der Waals surface area contributed by atoms with Crippen molar-refractivity contribution in [1.29, 1.82) is 0 Å². The molecule has 2 aliphatic rings. The maximum absolute atomic E-state index is 13.2. The van der Waals surface area contributed by atoms with Crippen LogP contribution >= 0.6 is 11.8 Å². The number of fused-ring (bicyclic) bond motifs is 1. The van der Waals surface area contributed by atoms with E-state index < -0.39 is 17.5 Å². The van der Waals surface area contributed by atoms with Crippen molar-refractivity contribution >= 4 is 35.3 Å². The quantitative estimate of drug-likeness (QED) is 0.762. The van der Waals surface area contributed by atoms with Gasteiger partial charge in [-0.1, -0.05) is 24.3 Å². The first kappa shape index (κ1) is 20.3. The highest BCUT2D eigenvalue weighted by molar-refractivity contribution is 7.99. The molecule has 4 amide bonds. The number of nitrogens with zero attached hydrogens (tertiary/aromatic N) is 2. The van der Waals surface area contributed by atoms with Gasteiger partial charge in [-0.2, -0.15) is 0 Å². The fourth-order valence-corrected chi connectivity index (χ4v) is 4.76. The van der Waals surface area contributed by atoms with Gasteiger partial charge in [0.15, 0.2) is 0 Å². The number of urea groups is 1. The summed E-state index contributed by atoms with van der Waals surface area (Å²) in [5, 5.41) is 2.75. The zero-order chi connectivity index (χ0) is 21.3. The average Bonchev–Trinajstić information content (AvgIpc) is 2.92. The molecule has 1 unspecified atom stereocenters. The van der Waals surface area contributed by atoms with Gasteiger partial charge in [-0.05, 0) is 48.9 Å². The summed E-state index contributed by atoms with van der Waals surface area (Å²) < 4.78 is 5.16. The lowest BCUT2D eigenvalue weighted by Gasteiger charge is -2.25. The molecule has 2 heterocycles. The number of rotatable bonds is 4. The first-order valence-corrected chi connectivity index (χ1v) is 10.7. The van der Waals surface area contributed by atoms with Crippen LogP contribution in [0.25, 0.3) is 0 Å². The molecule has 0 aliphatic carbocycles. The van der Waals surface area contributed by atoms with Gasteiger partial charge in [-0.3, -0.25) is 14.5 Å². The van der Waals surface area contributed by atoms with Gasteiger partial charge in [-0.15, -0.1) is 11.8 Å². The number of amides is 4. The number of nitrogens with one attached hydrogen (secondary N) is 1. The molecule has 1 fully saturated rings. The summed E-state index contributed by atoms with van der Waals surface area (Å²) in [6.07, 6.45) is 0.842. The number of benzene rings is 2. The molecule has 2 aliphatic heterocycles. The van der Waals surface area contributed by atoms with Crippen molar-refractivity contribution in [3.05, 3.63) is 54.1 Å². The minimum atomic E-state index is -1.23. The number of para-hydroxylation sites is 1. The van der Waals surface area contributed by atoms with Gasteiger partial charge in [0.25, 0.3) is 5.91 Å². The lowest BCUT2D eigenvalue weighted by molar-refractivity contribution is -0.134. The van der Waals surface area contributed by atoms with Crippen LogP contribution in [0.2, 0.25) is 0 Å². The van der Waals surface area contributed by atoms with E-state index in [-0.39, 0.29) is 12.5 Å². The summed E-state index contributed by atoms with van der Waals surface area (Å²) in [5.74, 6) is 0.860. The Balaban J connectivity index is 1.55. The van der Waals surface area contributed by atoms with Gasteiger partial charge in [-0.25, -0.2) is 4.79 Å². The van der Waals surface area contributed by atoms with Crippen molar-refractivity contribution in [2.45, 2.75) is 23.8 Å². The fraction of sp³-hybridized carbons (Fsp3) is 0.318. The molecule has 8 heteroatoms. The summed E-state index contributed by atoms with van der Waals surface area (Å²) >= 11 is 1.71. The molecule has 4 rings (SSSR count). The number of imide groups is 1. The third-order valence-electron chi connectivity index (χ3n) is 5.48.